The van der Waals surface area contributed by atoms with Gasteiger partial charge in [0.2, 0.25) is 11.8 Å². The highest BCUT2D eigenvalue weighted by Crippen LogP contribution is 2.06. The number of aryl methyl sites for hydroxylation is 1. The van der Waals surface area contributed by atoms with Crippen LogP contribution in [0.1, 0.15) is 30.0 Å². The van der Waals surface area contributed by atoms with E-state index in [1.807, 2.05) is 68.4 Å². The highest BCUT2D eigenvalue weighted by Gasteiger charge is 2.16. The molecule has 126 valence electrons. The molecule has 0 aliphatic carbocycles. The van der Waals surface area contributed by atoms with E-state index in [2.05, 4.69) is 5.32 Å². The zero-order valence-corrected chi connectivity index (χ0v) is 14.3. The van der Waals surface area contributed by atoms with Gasteiger partial charge in [0.25, 0.3) is 0 Å². The number of rotatable bonds is 7. The van der Waals surface area contributed by atoms with E-state index in [0.717, 1.165) is 11.1 Å². The Morgan fingerprint density at radius 2 is 1.62 bits per heavy atom. The number of hydrogen-bond donors (Lipinski definition) is 1. The molecule has 0 saturated heterocycles. The van der Waals surface area contributed by atoms with E-state index in [-0.39, 0.29) is 18.2 Å². The van der Waals surface area contributed by atoms with E-state index in [4.69, 9.17) is 0 Å². The van der Waals surface area contributed by atoms with E-state index < -0.39 is 0 Å². The molecule has 0 heterocycles. The first kappa shape index (κ1) is 17.7. The average Bonchev–Trinajstić information content (AvgIpc) is 2.60. The third kappa shape index (κ3) is 5.54. The zero-order chi connectivity index (χ0) is 17.4. The molecule has 0 saturated carbocycles. The largest absolute Gasteiger partial charge is 0.352 e. The van der Waals surface area contributed by atoms with Crippen LogP contribution in [0.4, 0.5) is 0 Å². The number of nitrogens with zero attached hydrogens (tertiary/aromatic N) is 1. The van der Waals surface area contributed by atoms with Crippen LogP contribution in [0.15, 0.2) is 54.6 Å². The van der Waals surface area contributed by atoms with Gasteiger partial charge in [0.1, 0.15) is 6.42 Å². The molecule has 0 radical (unpaired) electrons. The summed E-state index contributed by atoms with van der Waals surface area (Å²) in [5, 5.41) is 2.81. The topological polar surface area (TPSA) is 49.4 Å². The second-order valence-corrected chi connectivity index (χ2v) is 5.83. The lowest BCUT2D eigenvalue weighted by molar-refractivity contribution is -0.136. The van der Waals surface area contributed by atoms with Crippen LogP contribution in [0.2, 0.25) is 0 Å². The number of hydrogen-bond acceptors (Lipinski definition) is 2. The maximum absolute atomic E-state index is 12.3. The van der Waals surface area contributed by atoms with Gasteiger partial charge < -0.3 is 10.2 Å². The first-order valence-electron chi connectivity index (χ1n) is 8.22. The second-order valence-electron chi connectivity index (χ2n) is 5.83. The van der Waals surface area contributed by atoms with Crippen molar-refractivity contribution in [3.05, 3.63) is 71.3 Å². The Morgan fingerprint density at radius 1 is 0.958 bits per heavy atom. The molecule has 0 unspecified atom stereocenters. The summed E-state index contributed by atoms with van der Waals surface area (Å²) in [6.07, 6.45) is -0.119. The van der Waals surface area contributed by atoms with Gasteiger partial charge in [-0.05, 0) is 25.0 Å². The van der Waals surface area contributed by atoms with Crippen LogP contribution in [-0.2, 0) is 22.7 Å². The van der Waals surface area contributed by atoms with Crippen molar-refractivity contribution in [2.24, 2.45) is 0 Å². The summed E-state index contributed by atoms with van der Waals surface area (Å²) >= 11 is 0. The molecule has 4 heteroatoms. The van der Waals surface area contributed by atoms with Crippen molar-refractivity contribution >= 4 is 11.8 Å². The van der Waals surface area contributed by atoms with Crippen LogP contribution in [0.5, 0.6) is 0 Å². The van der Waals surface area contributed by atoms with Crippen LogP contribution >= 0.6 is 0 Å². The van der Waals surface area contributed by atoms with Crippen molar-refractivity contribution in [1.82, 2.24) is 10.2 Å². The summed E-state index contributed by atoms with van der Waals surface area (Å²) in [5.74, 6) is -0.394. The summed E-state index contributed by atoms with van der Waals surface area (Å²) in [6, 6.07) is 17.8. The van der Waals surface area contributed by atoms with Crippen molar-refractivity contribution in [3.63, 3.8) is 0 Å². The monoisotopic (exact) mass is 324 g/mol. The van der Waals surface area contributed by atoms with Crippen molar-refractivity contribution in [1.29, 1.82) is 0 Å². The fraction of sp³-hybridized carbons (Fsp3) is 0.300. The van der Waals surface area contributed by atoms with Crippen molar-refractivity contribution in [2.75, 3.05) is 6.54 Å². The molecule has 0 fully saturated rings. The quantitative estimate of drug-likeness (QED) is 0.796. The minimum absolute atomic E-state index is 0.119. The summed E-state index contributed by atoms with van der Waals surface area (Å²) in [6.45, 7) is 5.50. The Hall–Kier alpha value is -2.62. The Morgan fingerprint density at radius 3 is 2.25 bits per heavy atom. The molecular weight excluding hydrogens is 300 g/mol. The zero-order valence-electron chi connectivity index (χ0n) is 14.3. The SMILES string of the molecule is CCN(Cc1ccccc1)C(=O)CC(=O)NCc1ccc(C)cc1. The molecule has 0 spiro atoms. The number of nitrogens with one attached hydrogen (secondary N) is 1. The van der Waals surface area contributed by atoms with Crippen molar-refractivity contribution < 1.29 is 9.59 Å². The summed E-state index contributed by atoms with van der Waals surface area (Å²) in [5.41, 5.74) is 3.27. The Bertz CT molecular complexity index is 666. The first-order valence-corrected chi connectivity index (χ1v) is 8.22. The fourth-order valence-corrected chi connectivity index (χ4v) is 2.40. The molecule has 0 aromatic heterocycles. The minimum atomic E-state index is -0.243. The van der Waals surface area contributed by atoms with E-state index in [0.29, 0.717) is 19.6 Å². The van der Waals surface area contributed by atoms with Crippen LogP contribution in [0, 0.1) is 6.92 Å². The number of amides is 2. The molecule has 0 aliphatic rings. The maximum Gasteiger partial charge on any atom is 0.232 e. The lowest BCUT2D eigenvalue weighted by atomic mass is 10.1. The number of carbonyl (C=O) groups excluding carboxylic acids is 2. The average molecular weight is 324 g/mol. The highest BCUT2D eigenvalue weighted by atomic mass is 16.2. The molecule has 2 aromatic carbocycles. The molecule has 24 heavy (non-hydrogen) atoms. The van der Waals surface area contributed by atoms with Gasteiger partial charge in [-0.25, -0.2) is 0 Å². The smallest absolute Gasteiger partial charge is 0.232 e. The summed E-state index contributed by atoms with van der Waals surface area (Å²) in [7, 11) is 0. The van der Waals surface area contributed by atoms with Gasteiger partial charge in [-0.1, -0.05) is 60.2 Å². The van der Waals surface area contributed by atoms with Gasteiger partial charge in [-0.2, -0.15) is 0 Å². The third-order valence-corrected chi connectivity index (χ3v) is 3.87. The predicted octanol–water partition coefficient (Wildman–Crippen LogP) is 3.05. The van der Waals surface area contributed by atoms with Gasteiger partial charge >= 0.3 is 0 Å². The van der Waals surface area contributed by atoms with E-state index in [1.165, 1.54) is 5.56 Å². The van der Waals surface area contributed by atoms with E-state index >= 15 is 0 Å². The summed E-state index contributed by atoms with van der Waals surface area (Å²) < 4.78 is 0. The fourth-order valence-electron chi connectivity index (χ4n) is 2.40. The molecule has 0 aliphatic heterocycles. The van der Waals surface area contributed by atoms with Gasteiger partial charge in [-0.3, -0.25) is 9.59 Å². The van der Waals surface area contributed by atoms with Gasteiger partial charge in [0.05, 0.1) is 0 Å². The van der Waals surface area contributed by atoms with Crippen molar-refractivity contribution in [3.8, 4) is 0 Å². The highest BCUT2D eigenvalue weighted by molar-refractivity contribution is 5.96. The van der Waals surface area contributed by atoms with Crippen LogP contribution in [-0.4, -0.2) is 23.3 Å². The Kier molecular flexibility index (Phi) is 6.55. The van der Waals surface area contributed by atoms with E-state index in [1.54, 1.807) is 4.90 Å². The van der Waals surface area contributed by atoms with Crippen LogP contribution < -0.4 is 5.32 Å². The van der Waals surface area contributed by atoms with Gasteiger partial charge in [-0.15, -0.1) is 0 Å². The molecule has 2 rings (SSSR count). The molecule has 0 atom stereocenters. The Balaban J connectivity index is 1.83. The number of carbonyl (C=O) groups is 2. The maximum atomic E-state index is 12.3. The van der Waals surface area contributed by atoms with Gasteiger partial charge in [0, 0.05) is 19.6 Å². The van der Waals surface area contributed by atoms with Crippen molar-refractivity contribution in [2.45, 2.75) is 33.4 Å². The molecular formula is C20H24N2O2. The van der Waals surface area contributed by atoms with E-state index in [9.17, 15) is 9.59 Å². The minimum Gasteiger partial charge on any atom is -0.352 e. The standard InChI is InChI=1S/C20H24N2O2/c1-3-22(15-18-7-5-4-6-8-18)20(24)13-19(23)21-14-17-11-9-16(2)10-12-17/h4-12H,3,13-15H2,1-2H3,(H,21,23). The van der Waals surface area contributed by atoms with Gasteiger partial charge in [0.15, 0.2) is 0 Å². The third-order valence-electron chi connectivity index (χ3n) is 3.87. The predicted molar refractivity (Wildman–Crippen MR) is 95.2 cm³/mol. The Labute approximate surface area is 143 Å². The molecule has 0 bridgehead atoms. The molecule has 2 amide bonds. The first-order chi connectivity index (χ1) is 11.6. The van der Waals surface area contributed by atoms with Crippen LogP contribution in [0.25, 0.3) is 0 Å². The van der Waals surface area contributed by atoms with Crippen LogP contribution in [0.3, 0.4) is 0 Å². The molecule has 1 N–H and O–H groups in total. The normalized spacial score (nSPS) is 10.2. The molecule has 4 nitrogen and oxygen atoms in total. The second kappa shape index (κ2) is 8.87. The lowest BCUT2D eigenvalue weighted by Crippen LogP contribution is -2.35. The summed E-state index contributed by atoms with van der Waals surface area (Å²) in [4.78, 5) is 26.0. The lowest BCUT2D eigenvalue weighted by Gasteiger charge is -2.20. The number of benzene rings is 2. The molecule has 2 aromatic rings.